The molecule has 0 aliphatic heterocycles. The lowest BCUT2D eigenvalue weighted by Crippen LogP contribution is -2.26. The lowest BCUT2D eigenvalue weighted by Gasteiger charge is -2.26. The lowest BCUT2D eigenvalue weighted by atomic mass is 10.2. The molecule has 1 fully saturated rings. The zero-order valence-corrected chi connectivity index (χ0v) is 11.7. The van der Waals surface area contributed by atoms with Crippen LogP contribution in [-0.4, -0.2) is 11.0 Å². The molecule has 1 saturated carbocycles. The molecule has 0 N–H and O–H groups in total. The van der Waals surface area contributed by atoms with Crippen molar-refractivity contribution in [3.63, 3.8) is 0 Å². The van der Waals surface area contributed by atoms with E-state index in [2.05, 4.69) is 16.0 Å². The van der Waals surface area contributed by atoms with E-state index in [-0.39, 0.29) is 0 Å². The van der Waals surface area contributed by atoms with Crippen LogP contribution >= 0.6 is 11.6 Å². The summed E-state index contributed by atoms with van der Waals surface area (Å²) < 4.78 is 5.48. The van der Waals surface area contributed by atoms with E-state index in [1.54, 1.807) is 6.26 Å². The molecule has 0 atom stereocenters. The summed E-state index contributed by atoms with van der Waals surface area (Å²) in [6.07, 6.45) is 6.09. The number of alkyl halides is 1. The monoisotopic (exact) mass is 276 g/mol. The Bertz CT molecular complexity index is 549. The third-order valence-corrected chi connectivity index (χ3v) is 3.73. The maximum atomic E-state index is 6.05. The van der Waals surface area contributed by atoms with Crippen molar-refractivity contribution < 1.29 is 4.42 Å². The molecule has 0 saturated heterocycles. The standard InChI is InChI=1S/C15H17ClN2O/c1-11-7-15(12(8-16)9-17-11)18(13-4-5-13)10-14-3-2-6-19-14/h2-3,6-7,9,13H,4-5,8,10H2,1H3. The van der Waals surface area contributed by atoms with E-state index in [0.717, 1.165) is 23.6 Å². The van der Waals surface area contributed by atoms with Crippen LogP contribution in [0.1, 0.15) is 29.9 Å². The van der Waals surface area contributed by atoms with Gasteiger partial charge in [0.15, 0.2) is 0 Å². The Balaban J connectivity index is 1.93. The van der Waals surface area contributed by atoms with E-state index < -0.39 is 0 Å². The average molecular weight is 277 g/mol. The molecule has 3 rings (SSSR count). The van der Waals surface area contributed by atoms with Gasteiger partial charge in [-0.15, -0.1) is 11.6 Å². The number of hydrogen-bond donors (Lipinski definition) is 0. The first-order valence-electron chi connectivity index (χ1n) is 6.58. The molecule has 4 heteroatoms. The normalized spacial score (nSPS) is 14.6. The highest BCUT2D eigenvalue weighted by Crippen LogP contribution is 2.35. The van der Waals surface area contributed by atoms with Gasteiger partial charge in [0.25, 0.3) is 0 Å². The minimum atomic E-state index is 0.490. The summed E-state index contributed by atoms with van der Waals surface area (Å²) in [5.41, 5.74) is 3.31. The van der Waals surface area contributed by atoms with Crippen molar-refractivity contribution in [1.82, 2.24) is 4.98 Å². The van der Waals surface area contributed by atoms with Crippen LogP contribution < -0.4 is 4.90 Å². The van der Waals surface area contributed by atoms with Crippen LogP contribution in [0.5, 0.6) is 0 Å². The number of aromatic nitrogens is 1. The van der Waals surface area contributed by atoms with Gasteiger partial charge in [0, 0.05) is 29.2 Å². The van der Waals surface area contributed by atoms with Gasteiger partial charge in [-0.25, -0.2) is 0 Å². The van der Waals surface area contributed by atoms with Gasteiger partial charge in [-0.1, -0.05) is 0 Å². The fourth-order valence-corrected chi connectivity index (χ4v) is 2.52. The summed E-state index contributed by atoms with van der Waals surface area (Å²) in [5.74, 6) is 1.48. The minimum absolute atomic E-state index is 0.490. The number of anilines is 1. The fourth-order valence-electron chi connectivity index (χ4n) is 2.31. The average Bonchev–Trinajstić information content (AvgIpc) is 3.13. The van der Waals surface area contributed by atoms with Crippen molar-refractivity contribution in [3.8, 4) is 0 Å². The van der Waals surface area contributed by atoms with Crippen LogP contribution in [0, 0.1) is 6.92 Å². The van der Waals surface area contributed by atoms with E-state index in [1.165, 1.54) is 18.5 Å². The van der Waals surface area contributed by atoms with Crippen molar-refractivity contribution in [2.24, 2.45) is 0 Å². The number of aryl methyl sites for hydroxylation is 1. The summed E-state index contributed by atoms with van der Waals surface area (Å²) in [6.45, 7) is 2.81. The largest absolute Gasteiger partial charge is 0.467 e. The van der Waals surface area contributed by atoms with Gasteiger partial charge < -0.3 is 9.32 Å². The van der Waals surface area contributed by atoms with Gasteiger partial charge in [-0.3, -0.25) is 4.98 Å². The number of rotatable bonds is 5. The molecule has 0 spiro atoms. The third kappa shape index (κ3) is 2.76. The van der Waals surface area contributed by atoms with Crippen LogP contribution in [0.4, 0.5) is 5.69 Å². The molecule has 0 bridgehead atoms. The molecule has 19 heavy (non-hydrogen) atoms. The Morgan fingerprint density at radius 2 is 2.32 bits per heavy atom. The van der Waals surface area contributed by atoms with E-state index in [4.69, 9.17) is 16.0 Å². The lowest BCUT2D eigenvalue weighted by molar-refractivity contribution is 0.501. The first-order valence-corrected chi connectivity index (χ1v) is 7.12. The van der Waals surface area contributed by atoms with Gasteiger partial charge in [-0.2, -0.15) is 0 Å². The highest BCUT2D eigenvalue weighted by molar-refractivity contribution is 6.17. The van der Waals surface area contributed by atoms with Crippen LogP contribution in [0.2, 0.25) is 0 Å². The maximum Gasteiger partial charge on any atom is 0.123 e. The molecule has 1 aliphatic carbocycles. The van der Waals surface area contributed by atoms with Gasteiger partial charge in [0.2, 0.25) is 0 Å². The number of pyridine rings is 1. The Kier molecular flexibility index (Phi) is 3.47. The van der Waals surface area contributed by atoms with Crippen LogP contribution in [0.25, 0.3) is 0 Å². The zero-order chi connectivity index (χ0) is 13.2. The topological polar surface area (TPSA) is 29.3 Å². The Hall–Kier alpha value is -1.48. The van der Waals surface area contributed by atoms with Gasteiger partial charge >= 0.3 is 0 Å². The molecule has 100 valence electrons. The van der Waals surface area contributed by atoms with E-state index in [9.17, 15) is 0 Å². The summed E-state index contributed by atoms with van der Waals surface area (Å²) in [4.78, 5) is 6.73. The fraction of sp³-hybridized carbons (Fsp3) is 0.400. The number of halogens is 1. The zero-order valence-electron chi connectivity index (χ0n) is 11.0. The summed E-state index contributed by atoms with van der Waals surface area (Å²) in [5, 5.41) is 0. The van der Waals surface area contributed by atoms with Gasteiger partial charge in [0.1, 0.15) is 5.76 Å². The molecule has 2 heterocycles. The van der Waals surface area contributed by atoms with Gasteiger partial charge in [0.05, 0.1) is 18.7 Å². The predicted molar refractivity (Wildman–Crippen MR) is 76.4 cm³/mol. The smallest absolute Gasteiger partial charge is 0.123 e. The molecule has 0 aromatic carbocycles. The summed E-state index contributed by atoms with van der Waals surface area (Å²) in [6, 6.07) is 6.68. The summed E-state index contributed by atoms with van der Waals surface area (Å²) in [7, 11) is 0. The second-order valence-corrected chi connectivity index (χ2v) is 5.29. The van der Waals surface area contributed by atoms with Crippen molar-refractivity contribution in [1.29, 1.82) is 0 Å². The molecule has 0 radical (unpaired) electrons. The Morgan fingerprint density at radius 1 is 1.47 bits per heavy atom. The van der Waals surface area contributed by atoms with Crippen LogP contribution in [0.3, 0.4) is 0 Å². The highest BCUT2D eigenvalue weighted by atomic mass is 35.5. The highest BCUT2D eigenvalue weighted by Gasteiger charge is 2.31. The van der Waals surface area contributed by atoms with Gasteiger partial charge in [-0.05, 0) is 38.0 Å². The van der Waals surface area contributed by atoms with Crippen LogP contribution in [-0.2, 0) is 12.4 Å². The van der Waals surface area contributed by atoms with E-state index in [1.807, 2.05) is 25.3 Å². The maximum absolute atomic E-state index is 6.05. The summed E-state index contributed by atoms with van der Waals surface area (Å²) >= 11 is 6.05. The first-order chi connectivity index (χ1) is 9.28. The van der Waals surface area contributed by atoms with Crippen LogP contribution in [0.15, 0.2) is 35.1 Å². The molecule has 3 nitrogen and oxygen atoms in total. The second-order valence-electron chi connectivity index (χ2n) is 5.03. The predicted octanol–water partition coefficient (Wildman–Crippen LogP) is 3.89. The molecule has 0 unspecified atom stereocenters. The number of nitrogens with zero attached hydrogens (tertiary/aromatic N) is 2. The third-order valence-electron chi connectivity index (χ3n) is 3.45. The molecular weight excluding hydrogens is 260 g/mol. The quantitative estimate of drug-likeness (QED) is 0.776. The minimum Gasteiger partial charge on any atom is -0.467 e. The van der Waals surface area contributed by atoms with Crippen molar-refractivity contribution >= 4 is 17.3 Å². The van der Waals surface area contributed by atoms with Crippen molar-refractivity contribution in [2.45, 2.75) is 38.2 Å². The van der Waals surface area contributed by atoms with E-state index >= 15 is 0 Å². The Labute approximate surface area is 118 Å². The molecule has 0 amide bonds. The van der Waals surface area contributed by atoms with Crippen molar-refractivity contribution in [3.05, 3.63) is 47.7 Å². The number of furan rings is 1. The number of hydrogen-bond acceptors (Lipinski definition) is 3. The SMILES string of the molecule is Cc1cc(N(Cc2ccco2)C2CC2)c(CCl)cn1. The van der Waals surface area contributed by atoms with E-state index in [0.29, 0.717) is 11.9 Å². The molecular formula is C15H17ClN2O. The Morgan fingerprint density at radius 3 is 2.95 bits per heavy atom. The van der Waals surface area contributed by atoms with Crippen molar-refractivity contribution in [2.75, 3.05) is 4.90 Å². The second kappa shape index (κ2) is 5.25. The molecule has 1 aliphatic rings. The molecule has 2 aromatic heterocycles. The first kappa shape index (κ1) is 12.5. The molecule has 2 aromatic rings.